The maximum Gasteiger partial charge on any atom is 0.0410 e. The van der Waals surface area contributed by atoms with Crippen LogP contribution in [0.3, 0.4) is 0 Å². The highest BCUT2D eigenvalue weighted by Gasteiger charge is 1.91. The van der Waals surface area contributed by atoms with Crippen LogP contribution in [0.15, 0.2) is 22.9 Å². The first-order valence-corrected chi connectivity index (χ1v) is 3.91. The highest BCUT2D eigenvalue weighted by atomic mass is 79.9. The van der Waals surface area contributed by atoms with E-state index in [1.54, 1.807) is 6.20 Å². The van der Waals surface area contributed by atoms with Gasteiger partial charge in [0.05, 0.1) is 0 Å². The molecule has 2 N–H and O–H groups in total. The molecule has 0 aromatic carbocycles. The molecule has 11 heavy (non-hydrogen) atoms. The summed E-state index contributed by atoms with van der Waals surface area (Å²) in [4.78, 5) is 4.00. The van der Waals surface area contributed by atoms with E-state index in [4.69, 9.17) is 5.73 Å². The monoisotopic (exact) mass is 236 g/mol. The molecule has 1 aromatic rings. The van der Waals surface area contributed by atoms with E-state index in [1.807, 2.05) is 12.3 Å². The highest BCUT2D eigenvalue weighted by Crippen LogP contribution is 2.09. The van der Waals surface area contributed by atoms with Gasteiger partial charge in [0.15, 0.2) is 0 Å². The quantitative estimate of drug-likeness (QED) is 0.851. The molecule has 0 atom stereocenters. The molecule has 0 spiro atoms. The molecule has 2 nitrogen and oxygen atoms in total. The zero-order valence-electron chi connectivity index (χ0n) is 5.96. The Morgan fingerprint density at radius 3 is 2.73 bits per heavy atom. The molecule has 0 saturated carbocycles. The molecule has 0 aliphatic rings. The number of nitrogens with zero attached hydrogens (tertiary/aromatic N) is 1. The third kappa shape index (κ3) is 3.70. The van der Waals surface area contributed by atoms with Crippen LogP contribution in [-0.2, 0) is 6.42 Å². The van der Waals surface area contributed by atoms with Gasteiger partial charge in [-0.05, 0) is 40.5 Å². The minimum Gasteiger partial charge on any atom is -0.330 e. The highest BCUT2D eigenvalue weighted by molar-refractivity contribution is 9.10. The molecule has 0 radical (unpaired) electrons. The Morgan fingerprint density at radius 2 is 2.18 bits per heavy atom. The van der Waals surface area contributed by atoms with E-state index in [0.29, 0.717) is 6.54 Å². The van der Waals surface area contributed by atoms with E-state index in [9.17, 15) is 0 Å². The summed E-state index contributed by atoms with van der Waals surface area (Å²) in [6, 6.07) is 2.03. The molecule has 62 valence electrons. The Bertz CT molecular complexity index is 217. The van der Waals surface area contributed by atoms with Crippen LogP contribution < -0.4 is 5.73 Å². The van der Waals surface area contributed by atoms with Crippen molar-refractivity contribution < 1.29 is 0 Å². The van der Waals surface area contributed by atoms with Crippen LogP contribution in [-0.4, -0.2) is 11.5 Å². The number of nitrogens with two attached hydrogens (primary N) is 1. The first kappa shape index (κ1) is 10.9. The van der Waals surface area contributed by atoms with Gasteiger partial charge in [-0.1, -0.05) is 0 Å². The molecular weight excluding hydrogens is 227 g/mol. The summed E-state index contributed by atoms with van der Waals surface area (Å²) in [7, 11) is 0. The fourth-order valence-corrected chi connectivity index (χ4v) is 1.17. The number of hydrogen-bond donors (Lipinski definition) is 1. The fourth-order valence-electron chi connectivity index (χ4n) is 0.759. The number of aromatic nitrogens is 1. The van der Waals surface area contributed by atoms with Gasteiger partial charge < -0.3 is 5.73 Å². The van der Waals surface area contributed by atoms with Crippen LogP contribution in [0.5, 0.6) is 0 Å². The largest absolute Gasteiger partial charge is 0.330 e. The first-order chi connectivity index (χ1) is 4.83. The summed E-state index contributed by atoms with van der Waals surface area (Å²) in [5, 5.41) is 0. The summed E-state index contributed by atoms with van der Waals surface area (Å²) in [6.45, 7) is 0.679. The minimum absolute atomic E-state index is 0. The normalized spacial score (nSPS) is 8.91. The molecule has 1 rings (SSSR count). The van der Waals surface area contributed by atoms with Crippen molar-refractivity contribution in [2.24, 2.45) is 5.73 Å². The molecule has 0 aliphatic carbocycles. The minimum atomic E-state index is 0. The Labute approximate surface area is 80.7 Å². The summed E-state index contributed by atoms with van der Waals surface area (Å²) in [6.07, 6.45) is 4.49. The van der Waals surface area contributed by atoms with Crippen molar-refractivity contribution in [3.63, 3.8) is 0 Å². The van der Waals surface area contributed by atoms with E-state index >= 15 is 0 Å². The molecule has 0 saturated heterocycles. The number of rotatable bonds is 2. The van der Waals surface area contributed by atoms with Crippen LogP contribution in [0.2, 0.25) is 0 Å². The van der Waals surface area contributed by atoms with Gasteiger partial charge in [-0.25, -0.2) is 0 Å². The molecule has 1 aromatic heterocycles. The summed E-state index contributed by atoms with van der Waals surface area (Å²) >= 11 is 3.33. The SMILES string of the molecule is Cl.NCCc1cncc(Br)c1. The van der Waals surface area contributed by atoms with Gasteiger partial charge in [0.2, 0.25) is 0 Å². The second kappa shape index (κ2) is 5.52. The van der Waals surface area contributed by atoms with E-state index in [-0.39, 0.29) is 12.4 Å². The van der Waals surface area contributed by atoms with Crippen molar-refractivity contribution in [3.05, 3.63) is 28.5 Å². The third-order valence-corrected chi connectivity index (χ3v) is 1.63. The maximum absolute atomic E-state index is 5.37. The number of pyridine rings is 1. The zero-order chi connectivity index (χ0) is 7.40. The van der Waals surface area contributed by atoms with Gasteiger partial charge in [0.1, 0.15) is 0 Å². The fraction of sp³-hybridized carbons (Fsp3) is 0.286. The van der Waals surface area contributed by atoms with E-state index in [1.165, 1.54) is 5.56 Å². The number of halogens is 2. The molecule has 0 unspecified atom stereocenters. The zero-order valence-corrected chi connectivity index (χ0v) is 8.36. The summed E-state index contributed by atoms with van der Waals surface area (Å²) < 4.78 is 1.01. The molecule has 1 heterocycles. The van der Waals surface area contributed by atoms with E-state index in [0.717, 1.165) is 10.9 Å². The van der Waals surface area contributed by atoms with Gasteiger partial charge in [0, 0.05) is 16.9 Å². The molecule has 0 amide bonds. The predicted octanol–water partition coefficient (Wildman–Crippen LogP) is 1.77. The second-order valence-electron chi connectivity index (χ2n) is 2.05. The number of hydrogen-bond acceptors (Lipinski definition) is 2. The summed E-state index contributed by atoms with van der Waals surface area (Å²) in [5.41, 5.74) is 6.55. The third-order valence-electron chi connectivity index (χ3n) is 1.19. The van der Waals surface area contributed by atoms with Gasteiger partial charge in [0.25, 0.3) is 0 Å². The van der Waals surface area contributed by atoms with Crippen LogP contribution in [0, 0.1) is 0 Å². The Hall–Kier alpha value is -0.120. The molecule has 0 aliphatic heterocycles. The average molecular weight is 238 g/mol. The van der Waals surface area contributed by atoms with Crippen molar-refractivity contribution in [3.8, 4) is 0 Å². The Morgan fingerprint density at radius 1 is 1.45 bits per heavy atom. The van der Waals surface area contributed by atoms with Crippen molar-refractivity contribution >= 4 is 28.3 Å². The van der Waals surface area contributed by atoms with E-state index < -0.39 is 0 Å². The maximum atomic E-state index is 5.37. The van der Waals surface area contributed by atoms with Crippen LogP contribution >= 0.6 is 28.3 Å². The van der Waals surface area contributed by atoms with Crippen molar-refractivity contribution in [2.45, 2.75) is 6.42 Å². The standard InChI is InChI=1S/C7H9BrN2.ClH/c8-7-3-6(1-2-9)4-10-5-7;/h3-5H,1-2,9H2;1H. The van der Waals surface area contributed by atoms with Crippen molar-refractivity contribution in [2.75, 3.05) is 6.54 Å². The topological polar surface area (TPSA) is 38.9 Å². The molecular formula is C7H10BrClN2. The van der Waals surface area contributed by atoms with Gasteiger partial charge in [-0.2, -0.15) is 0 Å². The van der Waals surface area contributed by atoms with Gasteiger partial charge in [-0.3, -0.25) is 4.98 Å². The van der Waals surface area contributed by atoms with Crippen LogP contribution in [0.4, 0.5) is 0 Å². The average Bonchev–Trinajstić information content (AvgIpc) is 1.88. The Balaban J connectivity index is 0.000001000. The summed E-state index contributed by atoms with van der Waals surface area (Å²) in [5.74, 6) is 0. The predicted molar refractivity (Wildman–Crippen MR) is 51.9 cm³/mol. The van der Waals surface area contributed by atoms with Crippen LogP contribution in [0.1, 0.15) is 5.56 Å². The lowest BCUT2D eigenvalue weighted by molar-refractivity contribution is 0.957. The second-order valence-corrected chi connectivity index (χ2v) is 2.97. The molecule has 0 fully saturated rings. The van der Waals surface area contributed by atoms with Crippen molar-refractivity contribution in [1.82, 2.24) is 4.98 Å². The van der Waals surface area contributed by atoms with Crippen LogP contribution in [0.25, 0.3) is 0 Å². The van der Waals surface area contributed by atoms with Crippen molar-refractivity contribution in [1.29, 1.82) is 0 Å². The van der Waals surface area contributed by atoms with Gasteiger partial charge in [-0.15, -0.1) is 12.4 Å². The lowest BCUT2D eigenvalue weighted by Crippen LogP contribution is -2.02. The molecule has 0 bridgehead atoms. The smallest absolute Gasteiger partial charge is 0.0410 e. The Kier molecular flexibility index (Phi) is 5.46. The lowest BCUT2D eigenvalue weighted by atomic mass is 10.2. The van der Waals surface area contributed by atoms with E-state index in [2.05, 4.69) is 20.9 Å². The molecule has 4 heteroatoms. The lowest BCUT2D eigenvalue weighted by Gasteiger charge is -1.96. The van der Waals surface area contributed by atoms with Gasteiger partial charge >= 0.3 is 0 Å². The first-order valence-electron chi connectivity index (χ1n) is 3.12.